The van der Waals surface area contributed by atoms with E-state index in [4.69, 9.17) is 10.00 Å². The zero-order chi connectivity index (χ0) is 19.4. The number of benzene rings is 1. The standard InChI is InChI=1S/C19H19N3O5/c20-9-12-4-3-5-13(8-12)21-16(23)11-27-17(24)10-22-18(25)14-6-1-2-7-15(14)19(22)26/h3-5,8,14-15H,1-2,6-7,10-11H2,(H,21,23)/t14-,15-/m1/s1. The summed E-state index contributed by atoms with van der Waals surface area (Å²) in [6.45, 7) is -1.01. The Bertz CT molecular complexity index is 805. The van der Waals surface area contributed by atoms with Crippen LogP contribution in [0.2, 0.25) is 0 Å². The second-order valence-corrected chi connectivity index (χ2v) is 6.66. The number of nitrogens with zero attached hydrogens (tertiary/aromatic N) is 2. The van der Waals surface area contributed by atoms with Crippen molar-refractivity contribution in [1.82, 2.24) is 4.90 Å². The van der Waals surface area contributed by atoms with Crippen LogP contribution >= 0.6 is 0 Å². The molecule has 0 bridgehead atoms. The molecule has 3 rings (SSSR count). The van der Waals surface area contributed by atoms with Crippen LogP contribution in [0.3, 0.4) is 0 Å². The predicted molar refractivity (Wildman–Crippen MR) is 92.9 cm³/mol. The number of hydrogen-bond donors (Lipinski definition) is 1. The summed E-state index contributed by atoms with van der Waals surface area (Å²) in [7, 11) is 0. The maximum absolute atomic E-state index is 12.3. The molecule has 1 aromatic carbocycles. The van der Waals surface area contributed by atoms with Gasteiger partial charge in [0.15, 0.2) is 6.61 Å². The van der Waals surface area contributed by atoms with Crippen LogP contribution in [0.4, 0.5) is 5.69 Å². The fraction of sp³-hybridized carbons (Fsp3) is 0.421. The Hall–Kier alpha value is -3.21. The Morgan fingerprint density at radius 3 is 2.48 bits per heavy atom. The first-order valence-corrected chi connectivity index (χ1v) is 8.80. The lowest BCUT2D eigenvalue weighted by atomic mass is 9.81. The second kappa shape index (κ2) is 7.99. The van der Waals surface area contributed by atoms with E-state index >= 15 is 0 Å². The van der Waals surface area contributed by atoms with E-state index in [9.17, 15) is 19.2 Å². The number of ether oxygens (including phenoxy) is 1. The number of likely N-dealkylation sites (tertiary alicyclic amines) is 1. The number of hydrogen-bond acceptors (Lipinski definition) is 6. The minimum absolute atomic E-state index is 0.320. The van der Waals surface area contributed by atoms with Gasteiger partial charge < -0.3 is 10.1 Å². The monoisotopic (exact) mass is 369 g/mol. The largest absolute Gasteiger partial charge is 0.454 e. The number of nitriles is 1. The highest BCUT2D eigenvalue weighted by Gasteiger charge is 2.48. The molecule has 1 N–H and O–H groups in total. The lowest BCUT2D eigenvalue weighted by molar-refractivity contribution is -0.154. The molecule has 1 saturated heterocycles. The number of fused-ring (bicyclic) bond motifs is 1. The van der Waals surface area contributed by atoms with E-state index in [2.05, 4.69) is 5.32 Å². The van der Waals surface area contributed by atoms with Crippen LogP contribution in [-0.4, -0.2) is 41.7 Å². The smallest absolute Gasteiger partial charge is 0.326 e. The Kier molecular flexibility index (Phi) is 5.50. The summed E-state index contributed by atoms with van der Waals surface area (Å²) in [6.07, 6.45) is 3.16. The fourth-order valence-corrected chi connectivity index (χ4v) is 3.57. The lowest BCUT2D eigenvalue weighted by Gasteiger charge is -2.19. The van der Waals surface area contributed by atoms with E-state index in [1.54, 1.807) is 18.2 Å². The van der Waals surface area contributed by atoms with Crippen molar-refractivity contribution in [2.24, 2.45) is 11.8 Å². The third-order valence-electron chi connectivity index (χ3n) is 4.86. The van der Waals surface area contributed by atoms with Gasteiger partial charge in [0.1, 0.15) is 6.54 Å². The van der Waals surface area contributed by atoms with Crippen molar-refractivity contribution in [3.63, 3.8) is 0 Å². The molecule has 0 aromatic heterocycles. The summed E-state index contributed by atoms with van der Waals surface area (Å²) < 4.78 is 4.88. The zero-order valence-electron chi connectivity index (χ0n) is 14.6. The number of imide groups is 1. The van der Waals surface area contributed by atoms with Gasteiger partial charge in [-0.25, -0.2) is 0 Å². The van der Waals surface area contributed by atoms with Crippen molar-refractivity contribution in [1.29, 1.82) is 5.26 Å². The number of esters is 1. The molecular weight excluding hydrogens is 350 g/mol. The number of rotatable bonds is 5. The molecule has 2 aliphatic rings. The Morgan fingerprint density at radius 2 is 1.85 bits per heavy atom. The maximum Gasteiger partial charge on any atom is 0.326 e. The summed E-state index contributed by atoms with van der Waals surface area (Å²) >= 11 is 0. The van der Waals surface area contributed by atoms with E-state index in [1.165, 1.54) is 6.07 Å². The molecule has 0 radical (unpaired) electrons. The van der Waals surface area contributed by atoms with Gasteiger partial charge in [0.2, 0.25) is 11.8 Å². The zero-order valence-corrected chi connectivity index (χ0v) is 14.6. The number of anilines is 1. The first-order chi connectivity index (χ1) is 13.0. The summed E-state index contributed by atoms with van der Waals surface area (Å²) in [5, 5.41) is 11.3. The van der Waals surface area contributed by atoms with E-state index < -0.39 is 25.0 Å². The summed E-state index contributed by atoms with van der Waals surface area (Å²) in [5.41, 5.74) is 0.793. The first-order valence-electron chi connectivity index (χ1n) is 8.80. The molecule has 2 atom stereocenters. The molecule has 0 unspecified atom stereocenters. The van der Waals surface area contributed by atoms with Crippen LogP contribution in [0.5, 0.6) is 0 Å². The molecule has 1 aromatic rings. The van der Waals surface area contributed by atoms with Gasteiger partial charge in [-0.2, -0.15) is 5.26 Å². The SMILES string of the molecule is N#Cc1cccc(NC(=O)COC(=O)CN2C(=O)[C@@H]3CCCC[C@H]3C2=O)c1. The summed E-state index contributed by atoms with van der Waals surface area (Å²) in [6, 6.07) is 8.25. The molecule has 1 aliphatic heterocycles. The molecule has 1 heterocycles. The topological polar surface area (TPSA) is 117 Å². The van der Waals surface area contributed by atoms with Gasteiger partial charge in [-0.15, -0.1) is 0 Å². The van der Waals surface area contributed by atoms with E-state index in [0.717, 1.165) is 17.7 Å². The fourth-order valence-electron chi connectivity index (χ4n) is 3.57. The predicted octanol–water partition coefficient (Wildman–Crippen LogP) is 1.22. The van der Waals surface area contributed by atoms with Crippen molar-refractivity contribution in [3.05, 3.63) is 29.8 Å². The Morgan fingerprint density at radius 1 is 1.19 bits per heavy atom. The number of nitrogens with one attached hydrogen (secondary N) is 1. The molecule has 1 saturated carbocycles. The van der Waals surface area contributed by atoms with Crippen LogP contribution in [0.25, 0.3) is 0 Å². The highest BCUT2D eigenvalue weighted by atomic mass is 16.5. The quantitative estimate of drug-likeness (QED) is 0.616. The van der Waals surface area contributed by atoms with Gasteiger partial charge in [0.25, 0.3) is 5.91 Å². The molecule has 0 spiro atoms. The minimum Gasteiger partial charge on any atom is -0.454 e. The number of carbonyl (C=O) groups is 4. The molecule has 140 valence electrons. The van der Waals surface area contributed by atoms with Crippen LogP contribution in [0.1, 0.15) is 31.2 Å². The number of amides is 3. The average Bonchev–Trinajstić information content (AvgIpc) is 2.92. The molecule has 8 heteroatoms. The van der Waals surface area contributed by atoms with Crippen molar-refractivity contribution in [2.45, 2.75) is 25.7 Å². The van der Waals surface area contributed by atoms with E-state index in [1.807, 2.05) is 6.07 Å². The Balaban J connectivity index is 1.49. The summed E-state index contributed by atoms with van der Waals surface area (Å²) in [4.78, 5) is 49.4. The lowest BCUT2D eigenvalue weighted by Crippen LogP contribution is -2.37. The second-order valence-electron chi connectivity index (χ2n) is 6.66. The molecular formula is C19H19N3O5. The molecule has 2 fully saturated rings. The van der Waals surface area contributed by atoms with Gasteiger partial charge in [-0.05, 0) is 31.0 Å². The summed E-state index contributed by atoms with van der Waals surface area (Å²) in [5.74, 6) is -2.68. The molecule has 3 amide bonds. The van der Waals surface area contributed by atoms with Crippen LogP contribution < -0.4 is 5.32 Å². The van der Waals surface area contributed by atoms with Gasteiger partial charge >= 0.3 is 5.97 Å². The molecule has 1 aliphatic carbocycles. The van der Waals surface area contributed by atoms with Crippen LogP contribution in [-0.2, 0) is 23.9 Å². The van der Waals surface area contributed by atoms with E-state index in [0.29, 0.717) is 24.1 Å². The van der Waals surface area contributed by atoms with Gasteiger partial charge in [-0.3, -0.25) is 24.1 Å². The first kappa shape index (κ1) is 18.6. The Labute approximate surface area is 156 Å². The molecule has 27 heavy (non-hydrogen) atoms. The van der Waals surface area contributed by atoms with Crippen LogP contribution in [0.15, 0.2) is 24.3 Å². The average molecular weight is 369 g/mol. The minimum atomic E-state index is -0.809. The maximum atomic E-state index is 12.3. The van der Waals surface area contributed by atoms with Crippen molar-refractivity contribution >= 4 is 29.4 Å². The third-order valence-corrected chi connectivity index (χ3v) is 4.86. The van der Waals surface area contributed by atoms with Crippen LogP contribution in [0, 0.1) is 23.2 Å². The van der Waals surface area contributed by atoms with Crippen molar-refractivity contribution in [3.8, 4) is 6.07 Å². The third kappa shape index (κ3) is 4.14. The normalized spacial score (nSPS) is 21.4. The number of carbonyl (C=O) groups excluding carboxylic acids is 4. The van der Waals surface area contributed by atoms with Gasteiger partial charge in [-0.1, -0.05) is 18.9 Å². The van der Waals surface area contributed by atoms with Gasteiger partial charge in [0, 0.05) is 5.69 Å². The van der Waals surface area contributed by atoms with Crippen molar-refractivity contribution < 1.29 is 23.9 Å². The highest BCUT2D eigenvalue weighted by Crippen LogP contribution is 2.37. The highest BCUT2D eigenvalue weighted by molar-refractivity contribution is 6.07. The van der Waals surface area contributed by atoms with Gasteiger partial charge in [0.05, 0.1) is 23.5 Å². The van der Waals surface area contributed by atoms with Crippen molar-refractivity contribution in [2.75, 3.05) is 18.5 Å². The molecule has 8 nitrogen and oxygen atoms in total. The van der Waals surface area contributed by atoms with E-state index in [-0.39, 0.29) is 23.7 Å².